The van der Waals surface area contributed by atoms with Crippen molar-refractivity contribution in [3.8, 4) is 0 Å². The first-order valence-corrected chi connectivity index (χ1v) is 6.87. The molecule has 0 spiro atoms. The fraction of sp³-hybridized carbons (Fsp3) is 1.00. The minimum atomic E-state index is 0.867. The van der Waals surface area contributed by atoms with E-state index in [1.54, 1.807) is 0 Å². The molecule has 1 heterocycles. The second-order valence-electron chi connectivity index (χ2n) is 5.66. The van der Waals surface area contributed by atoms with E-state index < -0.39 is 0 Å². The zero-order valence-electron chi connectivity index (χ0n) is 11.1. The highest BCUT2D eigenvalue weighted by atomic mass is 15.1. The summed E-state index contributed by atoms with van der Waals surface area (Å²) < 4.78 is 0. The van der Waals surface area contributed by atoms with Crippen LogP contribution in [0.25, 0.3) is 0 Å². The lowest BCUT2D eigenvalue weighted by Gasteiger charge is -2.24. The zero-order valence-corrected chi connectivity index (χ0v) is 11.1. The van der Waals surface area contributed by atoms with Crippen molar-refractivity contribution in [2.24, 2.45) is 17.8 Å². The molecule has 1 saturated heterocycles. The smallest absolute Gasteiger partial charge is 0.00159 e. The maximum atomic E-state index is 2.68. The van der Waals surface area contributed by atoms with E-state index in [0.29, 0.717) is 0 Å². The summed E-state index contributed by atoms with van der Waals surface area (Å²) in [4.78, 5) is 2.68. The molecular formula is C14H29N. The summed E-state index contributed by atoms with van der Waals surface area (Å²) in [6.45, 7) is 13.5. The van der Waals surface area contributed by atoms with Gasteiger partial charge in [-0.2, -0.15) is 0 Å². The highest BCUT2D eigenvalue weighted by Crippen LogP contribution is 2.29. The molecule has 0 amide bonds. The molecule has 1 heteroatoms. The van der Waals surface area contributed by atoms with E-state index in [1.807, 2.05) is 0 Å². The van der Waals surface area contributed by atoms with Crippen LogP contribution < -0.4 is 0 Å². The number of hydrogen-bond acceptors (Lipinski definition) is 1. The normalized spacial score (nSPS) is 29.4. The van der Waals surface area contributed by atoms with Gasteiger partial charge in [-0.15, -0.1) is 0 Å². The fourth-order valence-electron chi connectivity index (χ4n) is 2.92. The Bertz CT molecular complexity index is 165. The molecule has 2 atom stereocenters. The van der Waals surface area contributed by atoms with Crippen molar-refractivity contribution in [1.29, 1.82) is 0 Å². The van der Waals surface area contributed by atoms with Crippen LogP contribution in [-0.4, -0.2) is 24.5 Å². The maximum absolute atomic E-state index is 2.68. The van der Waals surface area contributed by atoms with E-state index in [2.05, 4.69) is 32.6 Å². The molecule has 1 aliphatic heterocycles. The number of hydrogen-bond donors (Lipinski definition) is 0. The van der Waals surface area contributed by atoms with Gasteiger partial charge >= 0.3 is 0 Å². The highest BCUT2D eigenvalue weighted by molar-refractivity contribution is 4.76. The van der Waals surface area contributed by atoms with Crippen LogP contribution in [0.4, 0.5) is 0 Å². The average Bonchev–Trinajstić information content (AvgIpc) is 2.37. The SMILES string of the molecule is CCCCN1CCC(C)C(C(C)C)CC1. The lowest BCUT2D eigenvalue weighted by molar-refractivity contribution is 0.255. The Labute approximate surface area is 96.2 Å². The van der Waals surface area contributed by atoms with Gasteiger partial charge in [-0.25, -0.2) is 0 Å². The number of rotatable bonds is 4. The monoisotopic (exact) mass is 211 g/mol. The Morgan fingerprint density at radius 2 is 1.87 bits per heavy atom. The quantitative estimate of drug-likeness (QED) is 0.684. The highest BCUT2D eigenvalue weighted by Gasteiger charge is 2.24. The predicted octanol–water partition coefficient (Wildman–Crippen LogP) is 3.79. The predicted molar refractivity (Wildman–Crippen MR) is 68.1 cm³/mol. The Hall–Kier alpha value is -0.0400. The Morgan fingerprint density at radius 1 is 1.20 bits per heavy atom. The van der Waals surface area contributed by atoms with Gasteiger partial charge in [0.15, 0.2) is 0 Å². The molecule has 0 aromatic heterocycles. The van der Waals surface area contributed by atoms with Crippen LogP contribution in [0, 0.1) is 17.8 Å². The van der Waals surface area contributed by atoms with Crippen molar-refractivity contribution in [3.63, 3.8) is 0 Å². The van der Waals surface area contributed by atoms with E-state index in [4.69, 9.17) is 0 Å². The molecule has 0 radical (unpaired) electrons. The van der Waals surface area contributed by atoms with Crippen LogP contribution in [0.2, 0.25) is 0 Å². The van der Waals surface area contributed by atoms with Crippen molar-refractivity contribution >= 4 is 0 Å². The molecule has 0 aliphatic carbocycles. The molecule has 0 aromatic carbocycles. The summed E-state index contributed by atoms with van der Waals surface area (Å²) in [5.74, 6) is 2.75. The number of nitrogens with zero attached hydrogens (tertiary/aromatic N) is 1. The summed E-state index contributed by atoms with van der Waals surface area (Å²) in [7, 11) is 0. The summed E-state index contributed by atoms with van der Waals surface area (Å²) in [6, 6.07) is 0. The number of unbranched alkanes of at least 4 members (excludes halogenated alkanes) is 1. The van der Waals surface area contributed by atoms with Gasteiger partial charge in [-0.05, 0) is 56.7 Å². The van der Waals surface area contributed by atoms with Crippen LogP contribution in [0.5, 0.6) is 0 Å². The van der Waals surface area contributed by atoms with Gasteiger partial charge in [-0.3, -0.25) is 0 Å². The minimum absolute atomic E-state index is 0.867. The van der Waals surface area contributed by atoms with Crippen LogP contribution in [-0.2, 0) is 0 Å². The third kappa shape index (κ3) is 4.14. The van der Waals surface area contributed by atoms with Gasteiger partial charge in [-0.1, -0.05) is 34.1 Å². The molecule has 1 nitrogen and oxygen atoms in total. The van der Waals surface area contributed by atoms with E-state index in [-0.39, 0.29) is 0 Å². The second-order valence-corrected chi connectivity index (χ2v) is 5.66. The first kappa shape index (κ1) is 13.0. The minimum Gasteiger partial charge on any atom is -0.303 e. The van der Waals surface area contributed by atoms with Gasteiger partial charge in [0.25, 0.3) is 0 Å². The van der Waals surface area contributed by atoms with Crippen LogP contribution >= 0.6 is 0 Å². The van der Waals surface area contributed by atoms with Crippen molar-refractivity contribution in [2.75, 3.05) is 19.6 Å². The molecule has 90 valence electrons. The van der Waals surface area contributed by atoms with Crippen molar-refractivity contribution in [2.45, 2.75) is 53.4 Å². The Balaban J connectivity index is 2.39. The molecule has 15 heavy (non-hydrogen) atoms. The van der Waals surface area contributed by atoms with E-state index in [0.717, 1.165) is 17.8 Å². The van der Waals surface area contributed by atoms with Gasteiger partial charge in [0, 0.05) is 0 Å². The van der Waals surface area contributed by atoms with Crippen LogP contribution in [0.15, 0.2) is 0 Å². The second kappa shape index (κ2) is 6.52. The summed E-state index contributed by atoms with van der Waals surface area (Å²) in [6.07, 6.45) is 5.54. The summed E-state index contributed by atoms with van der Waals surface area (Å²) in [5.41, 5.74) is 0. The van der Waals surface area contributed by atoms with Crippen LogP contribution in [0.1, 0.15) is 53.4 Å². The molecule has 0 saturated carbocycles. The largest absolute Gasteiger partial charge is 0.303 e. The van der Waals surface area contributed by atoms with Gasteiger partial charge in [0.05, 0.1) is 0 Å². The molecule has 1 rings (SSSR count). The van der Waals surface area contributed by atoms with Crippen molar-refractivity contribution in [3.05, 3.63) is 0 Å². The molecule has 1 fully saturated rings. The van der Waals surface area contributed by atoms with Gasteiger partial charge in [0.1, 0.15) is 0 Å². The molecule has 2 unspecified atom stereocenters. The first-order valence-electron chi connectivity index (χ1n) is 6.87. The summed E-state index contributed by atoms with van der Waals surface area (Å²) in [5, 5.41) is 0. The lowest BCUT2D eigenvalue weighted by Crippen LogP contribution is -2.26. The standard InChI is InChI=1S/C14H29N/c1-5-6-9-15-10-7-13(4)14(8-11-15)12(2)3/h12-14H,5-11H2,1-4H3. The molecule has 0 bridgehead atoms. The van der Waals surface area contributed by atoms with Crippen molar-refractivity contribution in [1.82, 2.24) is 4.90 Å². The topological polar surface area (TPSA) is 3.24 Å². The third-order valence-corrected chi connectivity index (χ3v) is 4.09. The van der Waals surface area contributed by atoms with Gasteiger partial charge in [0.2, 0.25) is 0 Å². The molecule has 1 aliphatic rings. The molecule has 0 aromatic rings. The van der Waals surface area contributed by atoms with Crippen molar-refractivity contribution < 1.29 is 0 Å². The van der Waals surface area contributed by atoms with Crippen LogP contribution in [0.3, 0.4) is 0 Å². The Kier molecular flexibility index (Phi) is 5.66. The lowest BCUT2D eigenvalue weighted by atomic mass is 9.81. The first-order chi connectivity index (χ1) is 7.15. The van der Waals surface area contributed by atoms with Gasteiger partial charge < -0.3 is 4.90 Å². The number of likely N-dealkylation sites (tertiary alicyclic amines) is 1. The maximum Gasteiger partial charge on any atom is -0.00159 e. The summed E-state index contributed by atoms with van der Waals surface area (Å²) >= 11 is 0. The third-order valence-electron chi connectivity index (χ3n) is 4.09. The Morgan fingerprint density at radius 3 is 2.47 bits per heavy atom. The molecule has 0 N–H and O–H groups in total. The van der Waals surface area contributed by atoms with E-state index in [1.165, 1.54) is 45.3 Å². The van der Waals surface area contributed by atoms with E-state index >= 15 is 0 Å². The molecular weight excluding hydrogens is 182 g/mol. The average molecular weight is 211 g/mol. The fourth-order valence-corrected chi connectivity index (χ4v) is 2.92. The van der Waals surface area contributed by atoms with E-state index in [9.17, 15) is 0 Å². The zero-order chi connectivity index (χ0) is 11.3.